The maximum absolute atomic E-state index is 4.61. The molecule has 0 saturated heterocycles. The van der Waals surface area contributed by atoms with E-state index >= 15 is 0 Å². The zero-order valence-electron chi connectivity index (χ0n) is 19.4. The molecule has 8 nitrogen and oxygen atoms in total. The van der Waals surface area contributed by atoms with E-state index in [-0.39, 0.29) is 0 Å². The van der Waals surface area contributed by atoms with E-state index in [1.165, 1.54) is 12.8 Å². The Labute approximate surface area is 206 Å². The topological polar surface area (TPSA) is 108 Å². The number of hydrogen-bond donors (Lipinski definition) is 3. The van der Waals surface area contributed by atoms with Crippen LogP contribution in [0.1, 0.15) is 12.8 Å². The summed E-state index contributed by atoms with van der Waals surface area (Å²) in [5, 5.41) is 12.9. The van der Waals surface area contributed by atoms with Crippen molar-refractivity contribution in [1.29, 1.82) is 0 Å². The molecule has 3 N–H and O–H groups in total. The van der Waals surface area contributed by atoms with Crippen molar-refractivity contribution in [3.05, 3.63) is 85.7 Å². The minimum absolute atomic E-state index is 0.574. The van der Waals surface area contributed by atoms with Crippen LogP contribution in [-0.2, 0) is 0 Å². The highest BCUT2D eigenvalue weighted by Crippen LogP contribution is 2.37. The minimum Gasteiger partial charge on any atom is -0.358 e. The molecule has 0 unspecified atom stereocenters. The normalized spacial score (nSPS) is 13.3. The highest BCUT2D eigenvalue weighted by molar-refractivity contribution is 5.99. The van der Waals surface area contributed by atoms with Gasteiger partial charge in [-0.3, -0.25) is 20.1 Å². The number of allylic oxidation sites excluding steroid dienone is 1. The number of hydrogen-bond acceptors (Lipinski definition) is 6. The second-order valence-corrected chi connectivity index (χ2v) is 9.10. The van der Waals surface area contributed by atoms with E-state index in [9.17, 15) is 0 Å². The highest BCUT2D eigenvalue weighted by atomic mass is 15.2. The van der Waals surface area contributed by atoms with E-state index in [1.54, 1.807) is 12.4 Å². The van der Waals surface area contributed by atoms with Gasteiger partial charge in [-0.2, -0.15) is 5.10 Å². The Morgan fingerprint density at radius 2 is 1.83 bits per heavy atom. The lowest BCUT2D eigenvalue weighted by Gasteiger charge is -2.09. The largest absolute Gasteiger partial charge is 0.358 e. The van der Waals surface area contributed by atoms with Crippen molar-refractivity contribution in [2.75, 3.05) is 5.32 Å². The first-order chi connectivity index (χ1) is 17.7. The maximum Gasteiger partial charge on any atom is 0.181 e. The molecule has 0 spiro atoms. The Hall–Kier alpha value is -4.85. The quantitative estimate of drug-likeness (QED) is 0.277. The molecule has 0 amide bonds. The summed E-state index contributed by atoms with van der Waals surface area (Å²) >= 11 is 0. The van der Waals surface area contributed by atoms with Crippen molar-refractivity contribution in [3.63, 3.8) is 0 Å². The molecule has 0 radical (unpaired) electrons. The van der Waals surface area contributed by atoms with Crippen LogP contribution in [0.2, 0.25) is 0 Å². The summed E-state index contributed by atoms with van der Waals surface area (Å²) in [5.74, 6) is 0.574. The lowest BCUT2D eigenvalue weighted by molar-refractivity contribution is 1.02. The SMILES string of the molecule is C=C(Nc1cncc(-c2cnc3n[nH]c(-c4cc5c(-c6ccccn6)nccc5[nH]4)c3c2)c1)C1CC1. The van der Waals surface area contributed by atoms with Crippen LogP contribution >= 0.6 is 0 Å². The van der Waals surface area contributed by atoms with Crippen LogP contribution in [0.25, 0.3) is 55.8 Å². The standard InChI is InChI=1S/C28H22N8/c1-16(17-5-6-17)33-20-10-18(13-29-15-20)19-11-22-27(35-36-28(22)32-14-19)25-12-21-23(34-25)7-9-31-26(21)24-4-2-3-8-30-24/h2-4,7-15,17,33-34H,1,5-6H2,(H,32,35,36). The van der Waals surface area contributed by atoms with Gasteiger partial charge in [-0.1, -0.05) is 12.6 Å². The van der Waals surface area contributed by atoms with Crippen molar-refractivity contribution in [2.45, 2.75) is 12.8 Å². The van der Waals surface area contributed by atoms with Gasteiger partial charge in [0.15, 0.2) is 5.65 Å². The third-order valence-electron chi connectivity index (χ3n) is 6.58. The molecule has 6 aromatic heterocycles. The van der Waals surface area contributed by atoms with Gasteiger partial charge in [-0.05, 0) is 55.2 Å². The predicted molar refractivity (Wildman–Crippen MR) is 141 cm³/mol. The van der Waals surface area contributed by atoms with Crippen LogP contribution in [0, 0.1) is 5.92 Å². The molecule has 0 aromatic carbocycles. The zero-order valence-corrected chi connectivity index (χ0v) is 19.4. The summed E-state index contributed by atoms with van der Waals surface area (Å²) in [6, 6.07) is 14.1. The molecule has 1 aliphatic carbocycles. The molecular weight excluding hydrogens is 448 g/mol. The fourth-order valence-corrected chi connectivity index (χ4v) is 4.54. The van der Waals surface area contributed by atoms with Gasteiger partial charge in [0.05, 0.1) is 34.7 Å². The first kappa shape index (κ1) is 20.5. The first-order valence-corrected chi connectivity index (χ1v) is 11.9. The summed E-state index contributed by atoms with van der Waals surface area (Å²) in [5.41, 5.74) is 9.00. The van der Waals surface area contributed by atoms with Crippen molar-refractivity contribution >= 4 is 27.6 Å². The lowest BCUT2D eigenvalue weighted by atomic mass is 10.1. The highest BCUT2D eigenvalue weighted by Gasteiger charge is 2.24. The molecule has 36 heavy (non-hydrogen) atoms. The number of aromatic nitrogens is 7. The lowest BCUT2D eigenvalue weighted by Crippen LogP contribution is -2.00. The van der Waals surface area contributed by atoms with Crippen LogP contribution in [0.4, 0.5) is 5.69 Å². The molecule has 8 heteroatoms. The first-order valence-electron chi connectivity index (χ1n) is 11.9. The molecule has 6 aromatic rings. The Morgan fingerprint density at radius 1 is 0.917 bits per heavy atom. The summed E-state index contributed by atoms with van der Waals surface area (Å²) in [6.07, 6.45) is 11.5. The number of anilines is 1. The third kappa shape index (κ3) is 3.60. The number of pyridine rings is 4. The molecule has 174 valence electrons. The molecule has 1 aliphatic rings. The Balaban J connectivity index is 1.28. The van der Waals surface area contributed by atoms with Crippen molar-refractivity contribution in [1.82, 2.24) is 35.1 Å². The Kier molecular flexibility index (Phi) is 4.63. The van der Waals surface area contributed by atoms with Gasteiger partial charge in [0.2, 0.25) is 0 Å². The summed E-state index contributed by atoms with van der Waals surface area (Å²) in [6.45, 7) is 4.16. The Bertz CT molecular complexity index is 1740. The fourth-order valence-electron chi connectivity index (χ4n) is 4.54. The number of aromatic amines is 2. The number of nitrogens with one attached hydrogen (secondary N) is 3. The van der Waals surface area contributed by atoms with Gasteiger partial charge >= 0.3 is 0 Å². The molecular formula is C28H22N8. The molecule has 1 saturated carbocycles. The Morgan fingerprint density at radius 3 is 2.69 bits per heavy atom. The molecule has 7 rings (SSSR count). The molecule has 0 bridgehead atoms. The van der Waals surface area contributed by atoms with Gasteiger partial charge < -0.3 is 10.3 Å². The van der Waals surface area contributed by atoms with Gasteiger partial charge in [0.1, 0.15) is 0 Å². The maximum atomic E-state index is 4.61. The number of rotatable bonds is 6. The van der Waals surface area contributed by atoms with E-state index in [0.717, 1.165) is 61.6 Å². The van der Waals surface area contributed by atoms with Crippen molar-refractivity contribution in [3.8, 4) is 33.9 Å². The van der Waals surface area contributed by atoms with Crippen molar-refractivity contribution < 1.29 is 0 Å². The zero-order chi connectivity index (χ0) is 24.1. The smallest absolute Gasteiger partial charge is 0.181 e. The average Bonchev–Trinajstić information content (AvgIpc) is 3.55. The monoisotopic (exact) mass is 470 g/mol. The number of nitrogens with zero attached hydrogens (tertiary/aromatic N) is 5. The average molecular weight is 471 g/mol. The number of H-pyrrole nitrogens is 2. The molecule has 0 aliphatic heterocycles. The van der Waals surface area contributed by atoms with E-state index < -0.39 is 0 Å². The second-order valence-electron chi connectivity index (χ2n) is 9.10. The number of fused-ring (bicyclic) bond motifs is 2. The molecule has 6 heterocycles. The predicted octanol–water partition coefficient (Wildman–Crippen LogP) is 5.96. The van der Waals surface area contributed by atoms with E-state index in [2.05, 4.69) is 65.2 Å². The fraction of sp³-hybridized carbons (Fsp3) is 0.107. The van der Waals surface area contributed by atoms with Crippen LogP contribution in [0.3, 0.4) is 0 Å². The summed E-state index contributed by atoms with van der Waals surface area (Å²) in [7, 11) is 0. The van der Waals surface area contributed by atoms with E-state index in [1.807, 2.05) is 42.9 Å². The van der Waals surface area contributed by atoms with E-state index in [0.29, 0.717) is 11.6 Å². The third-order valence-corrected chi connectivity index (χ3v) is 6.58. The van der Waals surface area contributed by atoms with Gasteiger partial charge in [-0.25, -0.2) is 4.98 Å². The summed E-state index contributed by atoms with van der Waals surface area (Å²) in [4.78, 5) is 21.6. The molecule has 1 fully saturated rings. The summed E-state index contributed by atoms with van der Waals surface area (Å²) < 4.78 is 0. The van der Waals surface area contributed by atoms with Crippen LogP contribution in [0.5, 0.6) is 0 Å². The van der Waals surface area contributed by atoms with E-state index in [4.69, 9.17) is 0 Å². The van der Waals surface area contributed by atoms with Gasteiger partial charge in [-0.15, -0.1) is 0 Å². The minimum atomic E-state index is 0.574. The molecule has 0 atom stereocenters. The van der Waals surface area contributed by atoms with Gasteiger partial charge in [0, 0.05) is 57.9 Å². The van der Waals surface area contributed by atoms with Crippen molar-refractivity contribution in [2.24, 2.45) is 5.92 Å². The van der Waals surface area contributed by atoms with Crippen LogP contribution in [0.15, 0.2) is 85.7 Å². The van der Waals surface area contributed by atoms with Crippen LogP contribution in [-0.4, -0.2) is 35.1 Å². The van der Waals surface area contributed by atoms with Crippen LogP contribution < -0.4 is 5.32 Å². The second kappa shape index (κ2) is 8.13. The van der Waals surface area contributed by atoms with Gasteiger partial charge in [0.25, 0.3) is 0 Å².